The summed E-state index contributed by atoms with van der Waals surface area (Å²) in [5.41, 5.74) is -2.54. The summed E-state index contributed by atoms with van der Waals surface area (Å²) in [7, 11) is -3.30. The Hall–Kier alpha value is -2.54. The van der Waals surface area contributed by atoms with E-state index in [1.165, 1.54) is 16.4 Å². The Bertz CT molecular complexity index is 1030. The lowest BCUT2D eigenvalue weighted by atomic mass is 9.98. The number of nitrogens with one attached hydrogen (secondary N) is 1. The number of rotatable bonds is 5. The highest BCUT2D eigenvalue weighted by molar-refractivity contribution is 7.88. The summed E-state index contributed by atoms with van der Waals surface area (Å²) < 4.78 is 79.0. The van der Waals surface area contributed by atoms with Gasteiger partial charge in [0.1, 0.15) is 5.82 Å². The largest absolute Gasteiger partial charge is 0.435 e. The molecule has 13 heteroatoms. The molecule has 0 saturated carbocycles. The minimum Gasteiger partial charge on any atom is -0.350 e. The first kappa shape index (κ1) is 22.2. The first-order valence-electron chi connectivity index (χ1n) is 8.99. The number of carbonyl (C=O) groups is 1. The minimum absolute atomic E-state index is 0.0700. The van der Waals surface area contributed by atoms with Crippen LogP contribution in [0.3, 0.4) is 0 Å². The van der Waals surface area contributed by atoms with Crippen molar-refractivity contribution in [2.75, 3.05) is 25.9 Å². The fourth-order valence-electron chi connectivity index (χ4n) is 3.24. The number of halogens is 4. The summed E-state index contributed by atoms with van der Waals surface area (Å²) in [6.07, 6.45) is -2.91. The van der Waals surface area contributed by atoms with Gasteiger partial charge in [-0.2, -0.15) is 13.2 Å². The second kappa shape index (κ2) is 8.30. The molecule has 164 valence electrons. The van der Waals surface area contributed by atoms with Crippen LogP contribution in [-0.4, -0.2) is 59.5 Å². The summed E-state index contributed by atoms with van der Waals surface area (Å²) in [6, 6.07) is 4.34. The second-order valence-electron chi connectivity index (χ2n) is 6.99. The third-order valence-corrected chi connectivity index (χ3v) is 6.10. The van der Waals surface area contributed by atoms with Crippen LogP contribution in [0.5, 0.6) is 0 Å². The number of carbonyl (C=O) groups excluding carboxylic acids is 1. The molecule has 0 aliphatic carbocycles. The quantitative estimate of drug-likeness (QED) is 0.703. The van der Waals surface area contributed by atoms with E-state index in [-0.39, 0.29) is 31.2 Å². The molecule has 1 fully saturated rings. The number of sulfonamides is 1. The van der Waals surface area contributed by atoms with E-state index in [9.17, 15) is 30.8 Å². The molecule has 0 unspecified atom stereocenters. The zero-order valence-corrected chi connectivity index (χ0v) is 16.7. The van der Waals surface area contributed by atoms with Crippen molar-refractivity contribution in [2.24, 2.45) is 5.92 Å². The second-order valence-corrected chi connectivity index (χ2v) is 8.97. The van der Waals surface area contributed by atoms with E-state index in [1.807, 2.05) is 0 Å². The average Bonchev–Trinajstić information content (AvgIpc) is 3.11. The number of hydrogen-bond donors (Lipinski definition) is 1. The van der Waals surface area contributed by atoms with Gasteiger partial charge in [-0.15, -0.1) is 5.10 Å². The highest BCUT2D eigenvalue weighted by Crippen LogP contribution is 2.33. The lowest BCUT2D eigenvalue weighted by molar-refractivity contribution is -0.143. The lowest BCUT2D eigenvalue weighted by Gasteiger charge is -2.30. The van der Waals surface area contributed by atoms with Gasteiger partial charge < -0.3 is 5.32 Å². The number of aromatic nitrogens is 3. The fourth-order valence-corrected chi connectivity index (χ4v) is 4.12. The Labute approximate surface area is 169 Å². The molecule has 0 spiro atoms. The number of piperidine rings is 1. The van der Waals surface area contributed by atoms with Crippen LogP contribution < -0.4 is 5.32 Å². The van der Waals surface area contributed by atoms with Gasteiger partial charge in [0.15, 0.2) is 11.4 Å². The standard InChI is InChI=1S/C17H19F4N5O3S/c1-30(28,29)25-7-5-11(6-8-25)10-22-16(27)14-15(17(19,20)21)26(24-23-14)13-4-2-3-12(18)9-13/h2-4,9,11H,5-8,10H2,1H3,(H,22,27). The van der Waals surface area contributed by atoms with Gasteiger partial charge in [0.05, 0.1) is 11.9 Å². The number of hydrogen-bond acceptors (Lipinski definition) is 5. The van der Waals surface area contributed by atoms with Crippen molar-refractivity contribution >= 4 is 15.9 Å². The normalized spacial score (nSPS) is 16.6. The monoisotopic (exact) mass is 449 g/mol. The zero-order valence-electron chi connectivity index (χ0n) is 15.9. The number of alkyl halides is 3. The molecule has 1 aliphatic heterocycles. The van der Waals surface area contributed by atoms with Gasteiger partial charge in [-0.05, 0) is 37.0 Å². The Morgan fingerprint density at radius 2 is 1.93 bits per heavy atom. The molecule has 0 radical (unpaired) electrons. The maximum Gasteiger partial charge on any atom is 0.435 e. The van der Waals surface area contributed by atoms with Crippen molar-refractivity contribution in [1.82, 2.24) is 24.6 Å². The van der Waals surface area contributed by atoms with E-state index in [4.69, 9.17) is 0 Å². The van der Waals surface area contributed by atoms with Gasteiger partial charge >= 0.3 is 6.18 Å². The van der Waals surface area contributed by atoms with Crippen LogP contribution >= 0.6 is 0 Å². The van der Waals surface area contributed by atoms with Gasteiger partial charge in [-0.3, -0.25) is 4.79 Å². The minimum atomic E-state index is -4.96. The van der Waals surface area contributed by atoms with Crippen LogP contribution in [0, 0.1) is 11.7 Å². The van der Waals surface area contributed by atoms with E-state index in [0.29, 0.717) is 17.5 Å². The Balaban J connectivity index is 1.74. The molecule has 8 nitrogen and oxygen atoms in total. The molecule has 1 amide bonds. The molecule has 1 aromatic heterocycles. The molecular formula is C17H19F4N5O3S. The van der Waals surface area contributed by atoms with Crippen molar-refractivity contribution in [3.63, 3.8) is 0 Å². The molecule has 2 heterocycles. The third kappa shape index (κ3) is 4.95. The van der Waals surface area contributed by atoms with E-state index >= 15 is 0 Å². The van der Waals surface area contributed by atoms with Crippen LogP contribution in [0.1, 0.15) is 29.0 Å². The van der Waals surface area contributed by atoms with Crippen LogP contribution in [0.25, 0.3) is 5.69 Å². The smallest absolute Gasteiger partial charge is 0.350 e. The first-order valence-corrected chi connectivity index (χ1v) is 10.8. The van der Waals surface area contributed by atoms with Crippen molar-refractivity contribution in [3.8, 4) is 5.69 Å². The van der Waals surface area contributed by atoms with E-state index in [1.54, 1.807) is 0 Å². The number of benzene rings is 1. The molecule has 3 rings (SSSR count). The number of amides is 1. The van der Waals surface area contributed by atoms with Crippen molar-refractivity contribution in [3.05, 3.63) is 41.5 Å². The Morgan fingerprint density at radius 3 is 2.50 bits per heavy atom. The van der Waals surface area contributed by atoms with E-state index < -0.39 is 39.3 Å². The van der Waals surface area contributed by atoms with Crippen LogP contribution in [-0.2, 0) is 16.2 Å². The average molecular weight is 449 g/mol. The maximum absolute atomic E-state index is 13.6. The molecule has 30 heavy (non-hydrogen) atoms. The zero-order chi connectivity index (χ0) is 22.1. The van der Waals surface area contributed by atoms with Crippen LogP contribution in [0.15, 0.2) is 24.3 Å². The predicted molar refractivity (Wildman–Crippen MR) is 97.8 cm³/mol. The van der Waals surface area contributed by atoms with Crippen LogP contribution in [0.4, 0.5) is 17.6 Å². The molecule has 0 bridgehead atoms. The van der Waals surface area contributed by atoms with Crippen molar-refractivity contribution in [2.45, 2.75) is 19.0 Å². The van der Waals surface area contributed by atoms with Gasteiger partial charge in [-0.25, -0.2) is 21.8 Å². The first-order chi connectivity index (χ1) is 14.0. The molecule has 1 saturated heterocycles. The van der Waals surface area contributed by atoms with Crippen LogP contribution in [0.2, 0.25) is 0 Å². The van der Waals surface area contributed by atoms with E-state index in [2.05, 4.69) is 15.6 Å². The van der Waals surface area contributed by atoms with Gasteiger partial charge in [0.25, 0.3) is 5.91 Å². The molecule has 1 N–H and O–H groups in total. The van der Waals surface area contributed by atoms with Gasteiger partial charge in [0.2, 0.25) is 10.0 Å². The summed E-state index contributed by atoms with van der Waals surface area (Å²) in [5, 5.41) is 9.17. The Kier molecular flexibility index (Phi) is 6.13. The SMILES string of the molecule is CS(=O)(=O)N1CCC(CNC(=O)c2nnn(-c3cccc(F)c3)c2C(F)(F)F)CC1. The molecule has 1 aromatic carbocycles. The van der Waals surface area contributed by atoms with Crippen molar-refractivity contribution in [1.29, 1.82) is 0 Å². The molecule has 0 atom stereocenters. The molecule has 1 aliphatic rings. The van der Waals surface area contributed by atoms with E-state index in [0.717, 1.165) is 18.4 Å². The highest BCUT2D eigenvalue weighted by atomic mass is 32.2. The maximum atomic E-state index is 13.6. The van der Waals surface area contributed by atoms with Gasteiger partial charge in [-0.1, -0.05) is 11.3 Å². The predicted octanol–water partition coefficient (Wildman–Crippen LogP) is 1.83. The molecular weight excluding hydrogens is 430 g/mol. The summed E-state index contributed by atoms with van der Waals surface area (Å²) in [4.78, 5) is 12.4. The van der Waals surface area contributed by atoms with Crippen molar-refractivity contribution < 1.29 is 30.8 Å². The summed E-state index contributed by atoms with van der Waals surface area (Å²) in [5.74, 6) is -1.90. The lowest BCUT2D eigenvalue weighted by Crippen LogP contribution is -2.41. The summed E-state index contributed by atoms with van der Waals surface area (Å²) in [6.45, 7) is 0.631. The highest BCUT2D eigenvalue weighted by Gasteiger charge is 2.42. The Morgan fingerprint density at radius 1 is 1.27 bits per heavy atom. The third-order valence-electron chi connectivity index (χ3n) is 4.80. The van der Waals surface area contributed by atoms with Gasteiger partial charge in [0, 0.05) is 19.6 Å². The number of nitrogens with zero attached hydrogens (tertiary/aromatic N) is 4. The fraction of sp³-hybridized carbons (Fsp3) is 0.471. The summed E-state index contributed by atoms with van der Waals surface area (Å²) >= 11 is 0. The molecule has 2 aromatic rings. The topological polar surface area (TPSA) is 97.2 Å².